The van der Waals surface area contributed by atoms with E-state index >= 15 is 0 Å². The number of carbonyl (C=O) groups excluding carboxylic acids is 1. The van der Waals surface area contributed by atoms with Crippen LogP contribution >= 0.6 is 0 Å². The topological polar surface area (TPSA) is 73.2 Å². The third-order valence-corrected chi connectivity index (χ3v) is 4.17. The molecule has 6 nitrogen and oxygen atoms in total. The van der Waals surface area contributed by atoms with Crippen LogP contribution in [-0.2, 0) is 11.3 Å². The first-order valence-corrected chi connectivity index (χ1v) is 8.53. The van der Waals surface area contributed by atoms with Crippen molar-refractivity contribution in [3.63, 3.8) is 0 Å². The number of nitrogens with zero attached hydrogens (tertiary/aromatic N) is 2. The van der Waals surface area contributed by atoms with Gasteiger partial charge in [0.25, 0.3) is 11.5 Å². The smallest absolute Gasteiger partial charge is 0.265 e. The predicted octanol–water partition coefficient (Wildman–Crippen LogP) is 2.35. The second-order valence-corrected chi connectivity index (χ2v) is 6.29. The molecule has 0 saturated heterocycles. The van der Waals surface area contributed by atoms with Gasteiger partial charge in [0.15, 0.2) is 0 Å². The molecule has 0 spiro atoms. The van der Waals surface area contributed by atoms with E-state index in [0.29, 0.717) is 23.2 Å². The molecule has 2 heterocycles. The fourth-order valence-electron chi connectivity index (χ4n) is 2.91. The average molecular weight is 369 g/mol. The first-order chi connectivity index (χ1) is 13.0. The maximum absolute atomic E-state index is 14.1. The van der Waals surface area contributed by atoms with Crippen LogP contribution in [0.5, 0.6) is 0 Å². The van der Waals surface area contributed by atoms with Crippen molar-refractivity contribution < 1.29 is 13.9 Å². The van der Waals surface area contributed by atoms with Crippen LogP contribution in [0.15, 0.2) is 53.5 Å². The molecule has 1 N–H and O–H groups in total. The van der Waals surface area contributed by atoms with Crippen LogP contribution in [0.2, 0.25) is 0 Å². The largest absolute Gasteiger partial charge is 0.383 e. The monoisotopic (exact) mass is 369 g/mol. The highest BCUT2D eigenvalue weighted by atomic mass is 19.1. The van der Waals surface area contributed by atoms with Crippen molar-refractivity contribution in [2.45, 2.75) is 19.5 Å². The third-order valence-electron chi connectivity index (χ3n) is 4.17. The first-order valence-electron chi connectivity index (χ1n) is 8.53. The predicted molar refractivity (Wildman–Crippen MR) is 100 cm³/mol. The molecule has 3 aromatic rings. The zero-order chi connectivity index (χ0) is 19.4. The summed E-state index contributed by atoms with van der Waals surface area (Å²) in [7, 11) is 1.53. The van der Waals surface area contributed by atoms with Gasteiger partial charge in [-0.2, -0.15) is 0 Å². The Bertz CT molecular complexity index is 1030. The number of carbonyl (C=O) groups is 1. The number of ether oxygens (including phenoxy) is 1. The minimum absolute atomic E-state index is 0.0187. The van der Waals surface area contributed by atoms with Crippen molar-refractivity contribution in [1.82, 2.24) is 14.9 Å². The molecule has 0 aliphatic rings. The van der Waals surface area contributed by atoms with Crippen molar-refractivity contribution in [2.75, 3.05) is 13.7 Å². The van der Waals surface area contributed by atoms with E-state index in [2.05, 4.69) is 10.3 Å². The quantitative estimate of drug-likeness (QED) is 0.724. The van der Waals surface area contributed by atoms with Gasteiger partial charge in [-0.3, -0.25) is 14.2 Å². The molecule has 1 unspecified atom stereocenters. The summed E-state index contributed by atoms with van der Waals surface area (Å²) in [4.78, 5) is 29.8. The third kappa shape index (κ3) is 4.03. The molecule has 0 radical (unpaired) electrons. The van der Waals surface area contributed by atoms with Crippen molar-refractivity contribution in [3.8, 4) is 0 Å². The molecule has 27 heavy (non-hydrogen) atoms. The number of hydrogen-bond donors (Lipinski definition) is 1. The zero-order valence-electron chi connectivity index (χ0n) is 15.1. The lowest BCUT2D eigenvalue weighted by Crippen LogP contribution is -2.39. The number of rotatable bonds is 6. The molecule has 0 fully saturated rings. The van der Waals surface area contributed by atoms with Crippen LogP contribution in [0.1, 0.15) is 22.8 Å². The van der Waals surface area contributed by atoms with Crippen molar-refractivity contribution >= 4 is 16.9 Å². The molecular formula is C20H20FN3O3. The van der Waals surface area contributed by atoms with Crippen LogP contribution in [0.25, 0.3) is 11.0 Å². The summed E-state index contributed by atoms with van der Waals surface area (Å²) in [5, 5.41) is 3.36. The van der Waals surface area contributed by atoms with Crippen LogP contribution in [0.4, 0.5) is 4.39 Å². The lowest BCUT2D eigenvalue weighted by atomic mass is 10.1. The molecule has 0 saturated carbocycles. The van der Waals surface area contributed by atoms with E-state index < -0.39 is 17.3 Å². The Morgan fingerprint density at radius 3 is 2.81 bits per heavy atom. The fraction of sp³-hybridized carbons (Fsp3) is 0.250. The van der Waals surface area contributed by atoms with E-state index in [0.717, 1.165) is 0 Å². The highest BCUT2D eigenvalue weighted by Crippen LogP contribution is 2.14. The summed E-state index contributed by atoms with van der Waals surface area (Å²) in [5.41, 5.74) is 0.200. The number of methoxy groups -OCH3 is 1. The van der Waals surface area contributed by atoms with Gasteiger partial charge in [-0.15, -0.1) is 0 Å². The van der Waals surface area contributed by atoms with Gasteiger partial charge in [-0.1, -0.05) is 18.2 Å². The van der Waals surface area contributed by atoms with E-state index in [9.17, 15) is 14.0 Å². The van der Waals surface area contributed by atoms with E-state index in [1.807, 2.05) is 0 Å². The maximum Gasteiger partial charge on any atom is 0.265 e. The van der Waals surface area contributed by atoms with Crippen LogP contribution < -0.4 is 10.9 Å². The number of benzene rings is 1. The van der Waals surface area contributed by atoms with Crippen LogP contribution in [0.3, 0.4) is 0 Å². The minimum atomic E-state index is -0.522. The van der Waals surface area contributed by atoms with Gasteiger partial charge in [-0.05, 0) is 31.2 Å². The Kier molecular flexibility index (Phi) is 5.61. The Hall–Kier alpha value is -3.06. The summed E-state index contributed by atoms with van der Waals surface area (Å²) < 4.78 is 20.4. The lowest BCUT2D eigenvalue weighted by molar-refractivity contribution is 0.0903. The normalized spacial score (nSPS) is 12.1. The number of amides is 1. The molecule has 1 aromatic carbocycles. The highest BCUT2D eigenvalue weighted by molar-refractivity contribution is 5.97. The van der Waals surface area contributed by atoms with Gasteiger partial charge < -0.3 is 10.1 Å². The van der Waals surface area contributed by atoms with E-state index in [4.69, 9.17) is 4.74 Å². The second-order valence-electron chi connectivity index (χ2n) is 6.29. The Morgan fingerprint density at radius 2 is 2.07 bits per heavy atom. The maximum atomic E-state index is 14.1. The minimum Gasteiger partial charge on any atom is -0.383 e. The first kappa shape index (κ1) is 18.7. The number of aromatic nitrogens is 2. The molecule has 7 heteroatoms. The molecule has 1 atom stereocenters. The summed E-state index contributed by atoms with van der Waals surface area (Å²) in [5.74, 6) is -0.922. The van der Waals surface area contributed by atoms with Gasteiger partial charge >= 0.3 is 0 Å². The van der Waals surface area contributed by atoms with Gasteiger partial charge in [0, 0.05) is 30.3 Å². The molecule has 0 aliphatic carbocycles. The van der Waals surface area contributed by atoms with Crippen LogP contribution in [0, 0.1) is 5.82 Å². The SMILES string of the molecule is COCC(C)NC(=O)c1cc2cccnc2n(Cc2ccccc2F)c1=O. The fourth-order valence-corrected chi connectivity index (χ4v) is 2.91. The Balaban J connectivity index is 2.09. The van der Waals surface area contributed by atoms with Gasteiger partial charge in [0.1, 0.15) is 17.0 Å². The molecule has 0 aliphatic heterocycles. The van der Waals surface area contributed by atoms with E-state index in [1.165, 1.54) is 23.8 Å². The van der Waals surface area contributed by atoms with E-state index in [1.54, 1.807) is 43.5 Å². The summed E-state index contributed by atoms with van der Waals surface area (Å²) in [6.45, 7) is 2.08. The number of pyridine rings is 2. The molecule has 3 rings (SSSR count). The van der Waals surface area contributed by atoms with Gasteiger partial charge in [-0.25, -0.2) is 9.37 Å². The van der Waals surface area contributed by atoms with Crippen molar-refractivity contribution in [3.05, 3.63) is 76.0 Å². The standard InChI is InChI=1S/C20H20FN3O3/c1-13(12-27-2)23-19(25)16-10-14-7-5-9-22-18(14)24(20(16)26)11-15-6-3-4-8-17(15)21/h3-10,13H,11-12H2,1-2H3,(H,23,25). The Morgan fingerprint density at radius 1 is 1.30 bits per heavy atom. The lowest BCUT2D eigenvalue weighted by Gasteiger charge is -2.15. The summed E-state index contributed by atoms with van der Waals surface area (Å²) in [6, 6.07) is 10.9. The number of hydrogen-bond acceptors (Lipinski definition) is 4. The Labute approximate surface area is 155 Å². The molecule has 2 aromatic heterocycles. The average Bonchev–Trinajstić information content (AvgIpc) is 2.65. The number of nitrogens with one attached hydrogen (secondary N) is 1. The van der Waals surface area contributed by atoms with Crippen molar-refractivity contribution in [1.29, 1.82) is 0 Å². The van der Waals surface area contributed by atoms with E-state index in [-0.39, 0.29) is 18.2 Å². The van der Waals surface area contributed by atoms with Crippen molar-refractivity contribution in [2.24, 2.45) is 0 Å². The molecule has 0 bridgehead atoms. The second kappa shape index (κ2) is 8.09. The molecule has 140 valence electrons. The molecule has 1 amide bonds. The molecular weight excluding hydrogens is 349 g/mol. The zero-order valence-corrected chi connectivity index (χ0v) is 15.1. The van der Waals surface area contributed by atoms with Gasteiger partial charge in [0.2, 0.25) is 0 Å². The highest BCUT2D eigenvalue weighted by Gasteiger charge is 2.18. The van der Waals surface area contributed by atoms with Gasteiger partial charge in [0.05, 0.1) is 13.2 Å². The van der Waals surface area contributed by atoms with Crippen LogP contribution in [-0.4, -0.2) is 35.2 Å². The summed E-state index contributed by atoms with van der Waals surface area (Å²) in [6.07, 6.45) is 1.56. The number of fused-ring (bicyclic) bond motifs is 1. The number of halogens is 1. The summed E-state index contributed by atoms with van der Waals surface area (Å²) >= 11 is 0.